The van der Waals surface area contributed by atoms with Gasteiger partial charge in [0.05, 0.1) is 12.7 Å². The molecule has 21 heavy (non-hydrogen) atoms. The van der Waals surface area contributed by atoms with E-state index >= 15 is 0 Å². The van der Waals surface area contributed by atoms with Gasteiger partial charge in [0.25, 0.3) is 5.91 Å². The van der Waals surface area contributed by atoms with Crippen LogP contribution in [0.1, 0.15) is 21.5 Å². The summed E-state index contributed by atoms with van der Waals surface area (Å²) >= 11 is 0. The molecule has 5 heteroatoms. The molecule has 0 radical (unpaired) electrons. The van der Waals surface area contributed by atoms with Gasteiger partial charge in [0.1, 0.15) is 11.6 Å². The number of hydrogen-bond acceptors (Lipinski definition) is 3. The van der Waals surface area contributed by atoms with Gasteiger partial charge in [-0.25, -0.2) is 4.39 Å². The van der Waals surface area contributed by atoms with Crippen LogP contribution in [0, 0.1) is 12.7 Å². The van der Waals surface area contributed by atoms with Crippen molar-refractivity contribution in [3.63, 3.8) is 0 Å². The van der Waals surface area contributed by atoms with Gasteiger partial charge in [-0.2, -0.15) is 0 Å². The summed E-state index contributed by atoms with van der Waals surface area (Å²) in [6, 6.07) is 9.57. The lowest BCUT2D eigenvalue weighted by Crippen LogP contribution is -2.24. The van der Waals surface area contributed by atoms with E-state index in [1.807, 2.05) is 0 Å². The molecular formula is C16H17FN2O2. The fraction of sp³-hybridized carbons (Fsp3) is 0.188. The Bertz CT molecular complexity index is 671. The highest BCUT2D eigenvalue weighted by Crippen LogP contribution is 2.21. The van der Waals surface area contributed by atoms with E-state index in [1.165, 1.54) is 19.2 Å². The maximum atomic E-state index is 13.6. The molecule has 0 aliphatic carbocycles. The maximum absolute atomic E-state index is 13.6. The standard InChI is InChI=1S/C16H17FN2O2/c1-10-3-5-14(17)13(7-10)16(20)19-9-11-8-12(18)4-6-15(11)21-2/h3-8H,9,18H2,1-2H3,(H,19,20). The summed E-state index contributed by atoms with van der Waals surface area (Å²) in [5.41, 5.74) is 7.87. The van der Waals surface area contributed by atoms with E-state index in [1.54, 1.807) is 31.2 Å². The second-order valence-electron chi connectivity index (χ2n) is 4.74. The largest absolute Gasteiger partial charge is 0.496 e. The molecule has 0 aliphatic heterocycles. The van der Waals surface area contributed by atoms with Gasteiger partial charge in [0.15, 0.2) is 0 Å². The van der Waals surface area contributed by atoms with Crippen molar-refractivity contribution >= 4 is 11.6 Å². The van der Waals surface area contributed by atoms with Crippen LogP contribution in [0.4, 0.5) is 10.1 Å². The summed E-state index contributed by atoms with van der Waals surface area (Å²) in [4.78, 5) is 12.1. The number of nitrogens with two attached hydrogens (primary N) is 1. The molecule has 2 aromatic carbocycles. The monoisotopic (exact) mass is 288 g/mol. The second-order valence-corrected chi connectivity index (χ2v) is 4.74. The van der Waals surface area contributed by atoms with Gasteiger partial charge in [-0.3, -0.25) is 4.79 Å². The number of nitrogens with one attached hydrogen (secondary N) is 1. The summed E-state index contributed by atoms with van der Waals surface area (Å²) in [5, 5.41) is 2.67. The summed E-state index contributed by atoms with van der Waals surface area (Å²) < 4.78 is 18.9. The molecule has 0 aliphatic rings. The van der Waals surface area contributed by atoms with E-state index < -0.39 is 11.7 Å². The molecule has 0 saturated carbocycles. The van der Waals surface area contributed by atoms with E-state index in [0.717, 1.165) is 11.1 Å². The van der Waals surface area contributed by atoms with Gasteiger partial charge in [0, 0.05) is 17.8 Å². The minimum absolute atomic E-state index is 0.0258. The SMILES string of the molecule is COc1ccc(N)cc1CNC(=O)c1cc(C)ccc1F. The number of hydrogen-bond donors (Lipinski definition) is 2. The molecule has 0 spiro atoms. The van der Waals surface area contributed by atoms with Crippen LogP contribution in [0.25, 0.3) is 0 Å². The number of carbonyl (C=O) groups is 1. The molecule has 110 valence electrons. The highest BCUT2D eigenvalue weighted by Gasteiger charge is 2.12. The van der Waals surface area contributed by atoms with Gasteiger partial charge < -0.3 is 15.8 Å². The first-order valence-corrected chi connectivity index (χ1v) is 6.48. The van der Waals surface area contributed by atoms with Crippen molar-refractivity contribution in [2.45, 2.75) is 13.5 Å². The van der Waals surface area contributed by atoms with Crippen molar-refractivity contribution in [2.75, 3.05) is 12.8 Å². The van der Waals surface area contributed by atoms with Gasteiger partial charge in [-0.1, -0.05) is 11.6 Å². The Balaban J connectivity index is 2.14. The van der Waals surface area contributed by atoms with Crippen molar-refractivity contribution in [1.29, 1.82) is 0 Å². The highest BCUT2D eigenvalue weighted by molar-refractivity contribution is 5.94. The summed E-state index contributed by atoms with van der Waals surface area (Å²) in [6.07, 6.45) is 0. The number of aryl methyl sites for hydroxylation is 1. The zero-order valence-electron chi connectivity index (χ0n) is 11.9. The summed E-state index contributed by atoms with van der Waals surface area (Å²) in [7, 11) is 1.54. The number of carbonyl (C=O) groups excluding carboxylic acids is 1. The van der Waals surface area contributed by atoms with Crippen molar-refractivity contribution < 1.29 is 13.9 Å². The molecule has 3 N–H and O–H groups in total. The van der Waals surface area contributed by atoms with Crippen molar-refractivity contribution in [1.82, 2.24) is 5.32 Å². The Morgan fingerprint density at radius 2 is 2.05 bits per heavy atom. The van der Waals surface area contributed by atoms with E-state index in [2.05, 4.69) is 5.32 Å². The van der Waals surface area contributed by atoms with Crippen LogP contribution in [0.3, 0.4) is 0 Å². The predicted octanol–water partition coefficient (Wildman–Crippen LogP) is 2.65. The third-order valence-corrected chi connectivity index (χ3v) is 3.11. The number of ether oxygens (including phenoxy) is 1. The molecular weight excluding hydrogens is 271 g/mol. The molecule has 0 atom stereocenters. The van der Waals surface area contributed by atoms with Crippen LogP contribution >= 0.6 is 0 Å². The Hall–Kier alpha value is -2.56. The number of rotatable bonds is 4. The van der Waals surface area contributed by atoms with Crippen LogP contribution in [0.2, 0.25) is 0 Å². The highest BCUT2D eigenvalue weighted by atomic mass is 19.1. The maximum Gasteiger partial charge on any atom is 0.254 e. The van der Waals surface area contributed by atoms with E-state index in [-0.39, 0.29) is 12.1 Å². The minimum atomic E-state index is -0.544. The number of nitrogen functional groups attached to an aromatic ring is 1. The number of methoxy groups -OCH3 is 1. The Morgan fingerprint density at radius 1 is 1.29 bits per heavy atom. The average Bonchev–Trinajstić information content (AvgIpc) is 2.47. The topological polar surface area (TPSA) is 64.3 Å². The number of amides is 1. The Morgan fingerprint density at radius 3 is 2.76 bits per heavy atom. The van der Waals surface area contributed by atoms with Crippen LogP contribution in [0.15, 0.2) is 36.4 Å². The Kier molecular flexibility index (Phi) is 4.42. The molecule has 0 fully saturated rings. The lowest BCUT2D eigenvalue weighted by Gasteiger charge is -2.11. The predicted molar refractivity (Wildman–Crippen MR) is 79.7 cm³/mol. The quantitative estimate of drug-likeness (QED) is 0.850. The molecule has 0 heterocycles. The van der Waals surface area contributed by atoms with E-state index in [0.29, 0.717) is 11.4 Å². The van der Waals surface area contributed by atoms with Gasteiger partial charge >= 0.3 is 0 Å². The Labute approximate surface area is 122 Å². The van der Waals surface area contributed by atoms with Crippen molar-refractivity contribution in [2.24, 2.45) is 0 Å². The molecule has 0 aromatic heterocycles. The number of benzene rings is 2. The van der Waals surface area contributed by atoms with Crippen molar-refractivity contribution in [3.8, 4) is 5.75 Å². The summed E-state index contributed by atoms with van der Waals surface area (Å²) in [5.74, 6) is -0.396. The first kappa shape index (κ1) is 14.8. The summed E-state index contributed by atoms with van der Waals surface area (Å²) in [6.45, 7) is 2.01. The molecule has 0 unspecified atom stereocenters. The smallest absolute Gasteiger partial charge is 0.254 e. The molecule has 4 nitrogen and oxygen atoms in total. The fourth-order valence-corrected chi connectivity index (χ4v) is 2.02. The van der Waals surface area contributed by atoms with Crippen LogP contribution < -0.4 is 15.8 Å². The van der Waals surface area contributed by atoms with Gasteiger partial charge in [0.2, 0.25) is 0 Å². The molecule has 1 amide bonds. The first-order valence-electron chi connectivity index (χ1n) is 6.48. The molecule has 0 bridgehead atoms. The van der Waals surface area contributed by atoms with E-state index in [9.17, 15) is 9.18 Å². The average molecular weight is 288 g/mol. The minimum Gasteiger partial charge on any atom is -0.496 e. The van der Waals surface area contributed by atoms with Gasteiger partial charge in [-0.05, 0) is 37.3 Å². The third-order valence-electron chi connectivity index (χ3n) is 3.11. The van der Waals surface area contributed by atoms with E-state index in [4.69, 9.17) is 10.5 Å². The molecule has 2 aromatic rings. The third kappa shape index (κ3) is 3.51. The van der Waals surface area contributed by atoms with Crippen LogP contribution in [-0.2, 0) is 6.54 Å². The van der Waals surface area contributed by atoms with Crippen LogP contribution in [0.5, 0.6) is 5.75 Å². The molecule has 2 rings (SSSR count). The second kappa shape index (κ2) is 6.26. The zero-order valence-corrected chi connectivity index (χ0v) is 11.9. The van der Waals surface area contributed by atoms with Crippen LogP contribution in [-0.4, -0.2) is 13.0 Å². The van der Waals surface area contributed by atoms with Crippen molar-refractivity contribution in [3.05, 3.63) is 58.9 Å². The lowest BCUT2D eigenvalue weighted by atomic mass is 10.1. The fourth-order valence-electron chi connectivity index (χ4n) is 2.02. The normalized spacial score (nSPS) is 10.2. The lowest BCUT2D eigenvalue weighted by molar-refractivity contribution is 0.0946. The molecule has 0 saturated heterocycles. The van der Waals surface area contributed by atoms with Gasteiger partial charge in [-0.15, -0.1) is 0 Å². The number of anilines is 1. The number of halogens is 1. The zero-order chi connectivity index (χ0) is 15.4. The first-order chi connectivity index (χ1) is 10.0.